The highest BCUT2D eigenvalue weighted by molar-refractivity contribution is 9.10. The van der Waals surface area contributed by atoms with E-state index in [9.17, 15) is 10.1 Å². The molecule has 0 unspecified atom stereocenters. The maximum atomic E-state index is 13.7. The van der Waals surface area contributed by atoms with Crippen LogP contribution >= 0.6 is 15.9 Å². The van der Waals surface area contributed by atoms with E-state index in [1.807, 2.05) is 49.4 Å². The number of aromatic nitrogens is 2. The van der Waals surface area contributed by atoms with Crippen LogP contribution in [-0.2, 0) is 13.0 Å². The lowest BCUT2D eigenvalue weighted by Crippen LogP contribution is -2.25. The van der Waals surface area contributed by atoms with Gasteiger partial charge in [-0.2, -0.15) is 15.0 Å². The van der Waals surface area contributed by atoms with Crippen molar-refractivity contribution in [3.63, 3.8) is 0 Å². The monoisotopic (exact) mass is 624 g/mol. The number of fused-ring (bicyclic) bond motifs is 1. The topological polar surface area (TPSA) is 89.5 Å². The van der Waals surface area contributed by atoms with Gasteiger partial charge in [-0.1, -0.05) is 59.5 Å². The predicted molar refractivity (Wildman–Crippen MR) is 170 cm³/mol. The van der Waals surface area contributed by atoms with Crippen LogP contribution in [0.25, 0.3) is 10.9 Å². The molecule has 3 aromatic carbocycles. The molecule has 0 atom stereocenters. The van der Waals surface area contributed by atoms with Crippen molar-refractivity contribution in [3.05, 3.63) is 110 Å². The molecule has 1 aliphatic rings. The van der Waals surface area contributed by atoms with Gasteiger partial charge in [0.15, 0.2) is 11.5 Å². The van der Waals surface area contributed by atoms with Gasteiger partial charge in [-0.15, -0.1) is 6.58 Å². The van der Waals surface area contributed by atoms with Crippen LogP contribution in [0.4, 0.5) is 0 Å². The van der Waals surface area contributed by atoms with Gasteiger partial charge in [0.05, 0.1) is 35.4 Å². The second-order valence-corrected chi connectivity index (χ2v) is 11.2. The van der Waals surface area contributed by atoms with E-state index >= 15 is 0 Å². The fraction of sp³-hybridized carbons (Fsp3) is 0.294. The van der Waals surface area contributed by atoms with Crippen LogP contribution in [0.15, 0.2) is 81.6 Å². The number of hydrogen-bond acceptors (Lipinski definition) is 6. The van der Waals surface area contributed by atoms with E-state index in [0.717, 1.165) is 46.8 Å². The Morgan fingerprint density at radius 3 is 2.69 bits per heavy atom. The lowest BCUT2D eigenvalue weighted by atomic mass is 9.88. The van der Waals surface area contributed by atoms with E-state index in [0.29, 0.717) is 46.8 Å². The molecular weight excluding hydrogens is 592 g/mol. The zero-order valence-corrected chi connectivity index (χ0v) is 25.3. The molecule has 4 aromatic rings. The fourth-order valence-corrected chi connectivity index (χ4v) is 5.78. The first-order valence-electron chi connectivity index (χ1n) is 14.3. The molecule has 0 radical (unpaired) electrons. The minimum Gasteiger partial charge on any atom is -0.490 e. The fourth-order valence-electron chi connectivity index (χ4n) is 5.42. The van der Waals surface area contributed by atoms with E-state index in [1.165, 1.54) is 11.1 Å². The Hall–Kier alpha value is -4.22. The highest BCUT2D eigenvalue weighted by atomic mass is 79.9. The summed E-state index contributed by atoms with van der Waals surface area (Å²) in [5, 5.41) is 14.7. The van der Waals surface area contributed by atoms with Gasteiger partial charge in [-0.25, -0.2) is 4.98 Å². The van der Waals surface area contributed by atoms with Gasteiger partial charge >= 0.3 is 0 Å². The van der Waals surface area contributed by atoms with E-state index < -0.39 is 0 Å². The maximum Gasteiger partial charge on any atom is 0.282 e. The minimum atomic E-state index is -0.189. The van der Waals surface area contributed by atoms with Crippen LogP contribution in [0.3, 0.4) is 0 Å². The second kappa shape index (κ2) is 13.6. The Bertz CT molecular complexity index is 1730. The third-order valence-corrected chi connectivity index (χ3v) is 7.95. The van der Waals surface area contributed by atoms with Crippen molar-refractivity contribution in [2.45, 2.75) is 58.0 Å². The Kier molecular flexibility index (Phi) is 9.50. The minimum absolute atomic E-state index is 0.180. The summed E-state index contributed by atoms with van der Waals surface area (Å²) in [5.74, 6) is 2.05. The Morgan fingerprint density at radius 1 is 1.12 bits per heavy atom. The summed E-state index contributed by atoms with van der Waals surface area (Å²) >= 11 is 3.49. The second-order valence-electron chi connectivity index (χ2n) is 10.3. The van der Waals surface area contributed by atoms with Gasteiger partial charge in [-0.05, 0) is 68.1 Å². The van der Waals surface area contributed by atoms with Crippen molar-refractivity contribution < 1.29 is 9.47 Å². The summed E-state index contributed by atoms with van der Waals surface area (Å²) < 4.78 is 14.6. The molecule has 7 nitrogen and oxygen atoms in total. The van der Waals surface area contributed by atoms with Crippen molar-refractivity contribution in [1.29, 1.82) is 5.26 Å². The number of nitrogens with zero attached hydrogens (tertiary/aromatic N) is 4. The van der Waals surface area contributed by atoms with Gasteiger partial charge in [0.25, 0.3) is 5.56 Å². The number of rotatable bonds is 10. The van der Waals surface area contributed by atoms with Crippen LogP contribution in [-0.4, -0.2) is 22.5 Å². The lowest BCUT2D eigenvalue weighted by Gasteiger charge is -2.22. The van der Waals surface area contributed by atoms with Crippen LogP contribution in [0.1, 0.15) is 73.0 Å². The molecule has 0 aliphatic heterocycles. The zero-order chi connectivity index (χ0) is 29.5. The SMILES string of the molecule is C=CCc1cc(C=Nn2c(C3CCCCC3)nc3ccc(Br)cc3c2=O)cc(OCC)c1OCc1ccccc1C#N. The van der Waals surface area contributed by atoms with Gasteiger partial charge in [0.1, 0.15) is 12.4 Å². The lowest BCUT2D eigenvalue weighted by molar-refractivity contribution is 0.267. The van der Waals surface area contributed by atoms with Crippen molar-refractivity contribution in [1.82, 2.24) is 9.66 Å². The highest BCUT2D eigenvalue weighted by Crippen LogP contribution is 2.35. The van der Waals surface area contributed by atoms with Crippen molar-refractivity contribution >= 4 is 33.0 Å². The molecular formula is C34H33BrN4O3. The molecule has 1 heterocycles. The van der Waals surface area contributed by atoms with E-state index in [1.54, 1.807) is 24.4 Å². The third-order valence-electron chi connectivity index (χ3n) is 7.45. The quantitative estimate of drug-likeness (QED) is 0.133. The summed E-state index contributed by atoms with van der Waals surface area (Å²) in [4.78, 5) is 18.7. The molecule has 5 rings (SSSR count). The molecule has 1 aliphatic carbocycles. The Morgan fingerprint density at radius 2 is 1.93 bits per heavy atom. The summed E-state index contributed by atoms with van der Waals surface area (Å²) in [5.41, 5.74) is 3.48. The van der Waals surface area contributed by atoms with Crippen molar-refractivity contribution in [2.24, 2.45) is 5.10 Å². The Balaban J connectivity index is 1.56. The van der Waals surface area contributed by atoms with E-state index in [4.69, 9.17) is 19.6 Å². The smallest absolute Gasteiger partial charge is 0.282 e. The zero-order valence-electron chi connectivity index (χ0n) is 23.7. The molecule has 1 aromatic heterocycles. The number of ether oxygens (including phenoxy) is 2. The summed E-state index contributed by atoms with van der Waals surface area (Å²) in [6, 6.07) is 19.0. The molecule has 0 saturated heterocycles. The predicted octanol–water partition coefficient (Wildman–Crippen LogP) is 7.67. The molecule has 1 saturated carbocycles. The molecule has 1 fully saturated rings. The first-order chi connectivity index (χ1) is 20.5. The summed E-state index contributed by atoms with van der Waals surface area (Å²) in [6.45, 7) is 6.50. The van der Waals surface area contributed by atoms with Crippen LogP contribution < -0.4 is 15.0 Å². The van der Waals surface area contributed by atoms with E-state index in [2.05, 4.69) is 28.6 Å². The van der Waals surface area contributed by atoms with Crippen LogP contribution in [0.2, 0.25) is 0 Å². The number of benzene rings is 3. The highest BCUT2D eigenvalue weighted by Gasteiger charge is 2.23. The van der Waals surface area contributed by atoms with Gasteiger partial charge in [0, 0.05) is 21.5 Å². The standard InChI is InChI=1S/C34H33BrN4O3/c1-3-10-25-17-23(18-31(41-4-2)32(25)42-22-27-14-9-8-13-26(27)20-36)21-37-39-33(24-11-6-5-7-12-24)38-30-16-15-28(35)19-29(30)34(39)40/h3,8-9,13-19,21,24H,1,4-7,10-12,22H2,2H3. The number of allylic oxidation sites excluding steroid dienone is 1. The maximum absolute atomic E-state index is 13.7. The summed E-state index contributed by atoms with van der Waals surface area (Å²) in [6.07, 6.45) is 9.44. The average Bonchev–Trinajstić information content (AvgIpc) is 3.01. The van der Waals surface area contributed by atoms with Gasteiger partial charge in [-0.3, -0.25) is 4.79 Å². The van der Waals surface area contributed by atoms with Crippen molar-refractivity contribution in [3.8, 4) is 17.6 Å². The van der Waals surface area contributed by atoms with Gasteiger partial charge < -0.3 is 9.47 Å². The first kappa shape index (κ1) is 29.3. The number of nitriles is 1. The molecule has 0 spiro atoms. The number of hydrogen-bond donors (Lipinski definition) is 0. The first-order valence-corrected chi connectivity index (χ1v) is 15.1. The largest absolute Gasteiger partial charge is 0.490 e. The molecule has 0 N–H and O–H groups in total. The third kappa shape index (κ3) is 6.47. The normalized spacial score (nSPS) is 13.7. The van der Waals surface area contributed by atoms with Crippen molar-refractivity contribution in [2.75, 3.05) is 6.61 Å². The van der Waals surface area contributed by atoms with E-state index in [-0.39, 0.29) is 18.1 Å². The van der Waals surface area contributed by atoms with Crippen LogP contribution in [0.5, 0.6) is 11.5 Å². The molecule has 214 valence electrons. The van der Waals surface area contributed by atoms with Gasteiger partial charge in [0.2, 0.25) is 0 Å². The molecule has 0 bridgehead atoms. The molecule has 42 heavy (non-hydrogen) atoms. The van der Waals surface area contributed by atoms with Crippen LogP contribution in [0, 0.1) is 11.3 Å². The molecule has 0 amide bonds. The Labute approximate surface area is 254 Å². The molecule has 8 heteroatoms. The average molecular weight is 626 g/mol. The summed E-state index contributed by atoms with van der Waals surface area (Å²) in [7, 11) is 0. The number of halogens is 1.